The van der Waals surface area contributed by atoms with Gasteiger partial charge in [0, 0.05) is 10.6 Å². The van der Waals surface area contributed by atoms with Gasteiger partial charge in [0.1, 0.15) is 5.82 Å². The van der Waals surface area contributed by atoms with Gasteiger partial charge >= 0.3 is 12.0 Å². The molecule has 0 radical (unpaired) electrons. The first-order valence-corrected chi connectivity index (χ1v) is 10.4. The van der Waals surface area contributed by atoms with Gasteiger partial charge in [-0.25, -0.2) is 14.0 Å². The molecule has 0 aromatic heterocycles. The molecule has 1 atom stereocenters. The predicted molar refractivity (Wildman–Crippen MR) is 104 cm³/mol. The Bertz CT molecular complexity index is 824. The highest BCUT2D eigenvalue weighted by molar-refractivity contribution is 6.30. The van der Waals surface area contributed by atoms with E-state index >= 15 is 0 Å². The smallest absolute Gasteiger partial charge is 0.341 e. The summed E-state index contributed by atoms with van der Waals surface area (Å²) >= 11 is 5.66. The fourth-order valence-electron chi connectivity index (χ4n) is 5.68. The molecule has 4 bridgehead atoms. The standard InChI is InChI=1S/C21H24ClFN2O4/c1-11(29-19(27)16-3-2-15(22)7-17(16)23)18(26)24-20(28)25-21-8-12-4-13(9-21)6-14(5-12)10-21/h2-3,7,11-14H,4-6,8-10H2,1H3,(H2,24,25,26,28)/t11-,12?,13?,14?,21?/m0/s1. The highest BCUT2D eigenvalue weighted by atomic mass is 35.5. The van der Waals surface area contributed by atoms with E-state index in [1.54, 1.807) is 0 Å². The first-order valence-electron chi connectivity index (χ1n) is 10.0. The molecule has 2 N–H and O–H groups in total. The number of ether oxygens (including phenoxy) is 1. The molecule has 4 saturated carbocycles. The number of hydrogen-bond donors (Lipinski definition) is 2. The number of rotatable bonds is 4. The minimum atomic E-state index is -1.25. The number of nitrogens with one attached hydrogen (secondary N) is 2. The van der Waals surface area contributed by atoms with Crippen LogP contribution in [-0.2, 0) is 9.53 Å². The van der Waals surface area contributed by atoms with Gasteiger partial charge in [0.05, 0.1) is 5.56 Å². The molecule has 8 heteroatoms. The number of amides is 3. The molecule has 4 fully saturated rings. The van der Waals surface area contributed by atoms with Crippen LogP contribution in [0.15, 0.2) is 18.2 Å². The third-order valence-electron chi connectivity index (χ3n) is 6.46. The molecular formula is C21H24ClFN2O4. The van der Waals surface area contributed by atoms with Crippen LogP contribution in [0.3, 0.4) is 0 Å². The maximum atomic E-state index is 13.8. The predicted octanol–water partition coefficient (Wildman–Crippen LogP) is 3.82. The van der Waals surface area contributed by atoms with Gasteiger partial charge in [0.2, 0.25) is 0 Å². The number of benzene rings is 1. The van der Waals surface area contributed by atoms with Crippen molar-refractivity contribution >= 4 is 29.5 Å². The zero-order valence-corrected chi connectivity index (χ0v) is 16.9. The highest BCUT2D eigenvalue weighted by Gasteiger charge is 2.51. The molecule has 5 rings (SSSR count). The molecule has 6 nitrogen and oxygen atoms in total. The van der Waals surface area contributed by atoms with E-state index in [4.69, 9.17) is 16.3 Å². The van der Waals surface area contributed by atoms with Crippen LogP contribution in [-0.4, -0.2) is 29.6 Å². The van der Waals surface area contributed by atoms with E-state index in [1.165, 1.54) is 38.3 Å². The van der Waals surface area contributed by atoms with Crippen molar-refractivity contribution in [2.45, 2.75) is 57.1 Å². The Morgan fingerprint density at radius 3 is 2.28 bits per heavy atom. The zero-order chi connectivity index (χ0) is 20.8. The van der Waals surface area contributed by atoms with Crippen LogP contribution in [0.25, 0.3) is 0 Å². The van der Waals surface area contributed by atoms with Crippen LogP contribution in [0.2, 0.25) is 5.02 Å². The summed E-state index contributed by atoms with van der Waals surface area (Å²) in [5.41, 5.74) is -0.557. The van der Waals surface area contributed by atoms with E-state index in [1.807, 2.05) is 0 Å². The third kappa shape index (κ3) is 4.25. The van der Waals surface area contributed by atoms with Crippen molar-refractivity contribution in [3.05, 3.63) is 34.6 Å². The average molecular weight is 423 g/mol. The Kier molecular flexibility index (Phi) is 5.27. The lowest BCUT2D eigenvalue weighted by Crippen LogP contribution is -2.62. The molecule has 156 valence electrons. The second-order valence-electron chi connectivity index (χ2n) is 8.81. The van der Waals surface area contributed by atoms with Crippen molar-refractivity contribution in [1.82, 2.24) is 10.6 Å². The number of esters is 1. The summed E-state index contributed by atoms with van der Waals surface area (Å²) in [5, 5.41) is 5.42. The molecule has 0 unspecified atom stereocenters. The molecular weight excluding hydrogens is 399 g/mol. The lowest BCUT2D eigenvalue weighted by atomic mass is 9.53. The van der Waals surface area contributed by atoms with Gasteiger partial charge in [-0.15, -0.1) is 0 Å². The molecule has 29 heavy (non-hydrogen) atoms. The summed E-state index contributed by atoms with van der Waals surface area (Å²) in [6.07, 6.45) is 5.36. The van der Waals surface area contributed by atoms with Crippen LogP contribution in [0.4, 0.5) is 9.18 Å². The van der Waals surface area contributed by atoms with Gasteiger partial charge in [0.25, 0.3) is 5.91 Å². The monoisotopic (exact) mass is 422 g/mol. The minimum Gasteiger partial charge on any atom is -0.449 e. The summed E-state index contributed by atoms with van der Waals surface area (Å²) in [7, 11) is 0. The van der Waals surface area contributed by atoms with Crippen molar-refractivity contribution in [2.75, 3.05) is 0 Å². The molecule has 0 aliphatic heterocycles. The summed E-state index contributed by atoms with van der Waals surface area (Å²) in [6, 6.07) is 2.95. The van der Waals surface area contributed by atoms with E-state index in [0.29, 0.717) is 17.8 Å². The van der Waals surface area contributed by atoms with Crippen LogP contribution in [0.5, 0.6) is 0 Å². The first-order chi connectivity index (χ1) is 13.7. The van der Waals surface area contributed by atoms with Crippen LogP contribution in [0.1, 0.15) is 55.8 Å². The van der Waals surface area contributed by atoms with Gasteiger partial charge < -0.3 is 10.1 Å². The second kappa shape index (κ2) is 7.59. The Hall–Kier alpha value is -2.15. The molecule has 0 saturated heterocycles. The molecule has 0 spiro atoms. The number of hydrogen-bond acceptors (Lipinski definition) is 4. The third-order valence-corrected chi connectivity index (χ3v) is 6.69. The number of urea groups is 1. The Labute approximate surface area is 173 Å². The molecule has 1 aromatic rings. The SMILES string of the molecule is C[C@H](OC(=O)c1ccc(Cl)cc1F)C(=O)NC(=O)NC12CC3CC(CC(C3)C1)C2. The minimum absolute atomic E-state index is 0.145. The normalized spacial score (nSPS) is 30.5. The average Bonchev–Trinajstić information content (AvgIpc) is 2.59. The number of imide groups is 1. The van der Waals surface area contributed by atoms with Crippen molar-refractivity contribution in [3.63, 3.8) is 0 Å². The van der Waals surface area contributed by atoms with Crippen LogP contribution >= 0.6 is 11.6 Å². The number of carbonyl (C=O) groups is 3. The second-order valence-corrected chi connectivity index (χ2v) is 9.25. The van der Waals surface area contributed by atoms with Gasteiger partial charge in [-0.05, 0) is 81.4 Å². The van der Waals surface area contributed by atoms with Crippen molar-refractivity contribution < 1.29 is 23.5 Å². The molecule has 4 aliphatic rings. The molecule has 0 heterocycles. The van der Waals surface area contributed by atoms with Crippen LogP contribution in [0, 0.1) is 23.6 Å². The maximum absolute atomic E-state index is 13.8. The summed E-state index contributed by atoms with van der Waals surface area (Å²) in [4.78, 5) is 36.8. The maximum Gasteiger partial charge on any atom is 0.341 e. The zero-order valence-electron chi connectivity index (χ0n) is 16.2. The van der Waals surface area contributed by atoms with Gasteiger partial charge in [-0.1, -0.05) is 11.6 Å². The largest absolute Gasteiger partial charge is 0.449 e. The van der Waals surface area contributed by atoms with E-state index in [0.717, 1.165) is 25.3 Å². The highest BCUT2D eigenvalue weighted by Crippen LogP contribution is 2.55. The molecule has 4 aliphatic carbocycles. The van der Waals surface area contributed by atoms with E-state index in [-0.39, 0.29) is 16.1 Å². The summed E-state index contributed by atoms with van der Waals surface area (Å²) in [6.45, 7) is 1.33. The fraction of sp³-hybridized carbons (Fsp3) is 0.571. The molecule has 3 amide bonds. The van der Waals surface area contributed by atoms with Gasteiger partial charge in [-0.2, -0.15) is 0 Å². The first kappa shape index (κ1) is 20.1. The van der Waals surface area contributed by atoms with Crippen LogP contribution < -0.4 is 10.6 Å². The van der Waals surface area contributed by atoms with Gasteiger partial charge in [0.15, 0.2) is 6.10 Å². The van der Waals surface area contributed by atoms with E-state index in [2.05, 4.69) is 10.6 Å². The Morgan fingerprint density at radius 2 is 1.72 bits per heavy atom. The van der Waals surface area contributed by atoms with Crippen molar-refractivity contribution in [2.24, 2.45) is 17.8 Å². The number of halogens is 2. The summed E-state index contributed by atoms with van der Waals surface area (Å²) in [5.74, 6) is -0.614. The quantitative estimate of drug-likeness (QED) is 0.722. The van der Waals surface area contributed by atoms with Gasteiger partial charge in [-0.3, -0.25) is 10.1 Å². The fourth-order valence-corrected chi connectivity index (χ4v) is 5.84. The Balaban J connectivity index is 1.31. The topological polar surface area (TPSA) is 84.5 Å². The number of carbonyl (C=O) groups excluding carboxylic acids is 3. The molecule has 1 aromatic carbocycles. The van der Waals surface area contributed by atoms with Crippen molar-refractivity contribution in [1.29, 1.82) is 0 Å². The summed E-state index contributed by atoms with van der Waals surface area (Å²) < 4.78 is 18.8. The Morgan fingerprint density at radius 1 is 1.14 bits per heavy atom. The lowest BCUT2D eigenvalue weighted by molar-refractivity contribution is -0.128. The van der Waals surface area contributed by atoms with Crippen molar-refractivity contribution in [3.8, 4) is 0 Å². The lowest BCUT2D eigenvalue weighted by Gasteiger charge is -2.56. The van der Waals surface area contributed by atoms with E-state index in [9.17, 15) is 18.8 Å². The van der Waals surface area contributed by atoms with E-state index < -0.39 is 29.8 Å².